The van der Waals surface area contributed by atoms with Crippen LogP contribution in [0.25, 0.3) is 27.7 Å². The first-order valence-corrected chi connectivity index (χ1v) is 14.5. The summed E-state index contributed by atoms with van der Waals surface area (Å²) in [7, 11) is -0.716. The standard InChI is InChI=1S/C29H32N2O6S/c1-6-17(7-2)25-21-11-9-18(27(32)30-38(34,35)8-3)13-24(21)31-16-29(28(33)37-5)15-23(29)22-14-19(36-4)10-12-20(22)26(25)31/h9-15,17H,6-8,16H2,1-5H3,(H,30,32). The molecule has 38 heavy (non-hydrogen) atoms. The number of carbonyl (C=O) groups excluding carboxylic acids is 2. The molecule has 0 radical (unpaired) electrons. The highest BCUT2D eigenvalue weighted by molar-refractivity contribution is 7.90. The van der Waals surface area contributed by atoms with Gasteiger partial charge in [-0.2, -0.15) is 0 Å². The quantitative estimate of drug-likeness (QED) is 0.412. The lowest BCUT2D eigenvalue weighted by atomic mass is 9.87. The van der Waals surface area contributed by atoms with Crippen molar-refractivity contribution < 1.29 is 27.5 Å². The molecule has 3 aromatic rings. The third-order valence-corrected chi connectivity index (χ3v) is 9.16. The van der Waals surface area contributed by atoms with Crippen LogP contribution in [0.15, 0.2) is 42.5 Å². The number of methoxy groups -OCH3 is 2. The van der Waals surface area contributed by atoms with Crippen molar-refractivity contribution in [3.05, 3.63) is 59.2 Å². The average molecular weight is 537 g/mol. The van der Waals surface area contributed by atoms with Gasteiger partial charge in [0.2, 0.25) is 10.0 Å². The molecule has 5 rings (SSSR count). The van der Waals surface area contributed by atoms with Gasteiger partial charge in [-0.05, 0) is 72.7 Å². The van der Waals surface area contributed by atoms with Crippen molar-refractivity contribution in [3.63, 3.8) is 0 Å². The Morgan fingerprint density at radius 2 is 1.79 bits per heavy atom. The van der Waals surface area contributed by atoms with E-state index < -0.39 is 21.3 Å². The SMILES string of the molecule is CCC(CC)c1c2n(c3cc(C(=O)NS(=O)(=O)CC)ccc13)CC1(C(=O)OC)C=C1c1cc(OC)ccc1-2. The molecule has 1 unspecified atom stereocenters. The smallest absolute Gasteiger partial charge is 0.322 e. The molecule has 0 bridgehead atoms. The zero-order chi connectivity index (χ0) is 27.4. The normalized spacial score (nSPS) is 17.7. The third-order valence-electron chi connectivity index (χ3n) is 7.91. The number of esters is 1. The van der Waals surface area contributed by atoms with E-state index in [2.05, 4.69) is 23.1 Å². The van der Waals surface area contributed by atoms with Crippen LogP contribution in [0.3, 0.4) is 0 Å². The first-order chi connectivity index (χ1) is 18.1. The molecule has 1 atom stereocenters. The summed E-state index contributed by atoms with van der Waals surface area (Å²) in [4.78, 5) is 26.1. The predicted molar refractivity (Wildman–Crippen MR) is 147 cm³/mol. The number of hydrogen-bond donors (Lipinski definition) is 1. The molecule has 0 saturated carbocycles. The fourth-order valence-electron chi connectivity index (χ4n) is 5.76. The third kappa shape index (κ3) is 3.91. The Labute approximate surface area is 222 Å². The Bertz CT molecular complexity index is 1610. The van der Waals surface area contributed by atoms with E-state index in [0.717, 1.165) is 51.7 Å². The lowest BCUT2D eigenvalue weighted by molar-refractivity contribution is -0.145. The number of carbonyl (C=O) groups is 2. The number of nitrogens with zero attached hydrogens (tertiary/aromatic N) is 1. The summed E-state index contributed by atoms with van der Waals surface area (Å²) in [5.41, 5.74) is 5.05. The van der Waals surface area contributed by atoms with Crippen molar-refractivity contribution in [1.29, 1.82) is 0 Å². The number of hydrogen-bond acceptors (Lipinski definition) is 6. The van der Waals surface area contributed by atoms with Gasteiger partial charge in [-0.25, -0.2) is 13.1 Å². The molecule has 2 heterocycles. The van der Waals surface area contributed by atoms with E-state index in [1.807, 2.05) is 30.3 Å². The first kappa shape index (κ1) is 26.0. The van der Waals surface area contributed by atoms with Crippen molar-refractivity contribution >= 4 is 38.4 Å². The molecule has 2 aromatic carbocycles. The Balaban J connectivity index is 1.82. The van der Waals surface area contributed by atoms with Crippen molar-refractivity contribution in [1.82, 2.24) is 9.29 Å². The van der Waals surface area contributed by atoms with Gasteiger partial charge in [0.1, 0.15) is 11.2 Å². The Kier molecular flexibility index (Phi) is 6.38. The van der Waals surface area contributed by atoms with Crippen LogP contribution in [0.2, 0.25) is 0 Å². The van der Waals surface area contributed by atoms with E-state index in [0.29, 0.717) is 12.3 Å². The average Bonchev–Trinajstić information content (AvgIpc) is 3.60. The molecule has 0 spiro atoms. The molecule has 1 aliphatic heterocycles. The van der Waals surface area contributed by atoms with Gasteiger partial charge in [0.05, 0.1) is 25.7 Å². The molecule has 1 aliphatic carbocycles. The largest absolute Gasteiger partial charge is 0.497 e. The Morgan fingerprint density at radius 1 is 1.05 bits per heavy atom. The van der Waals surface area contributed by atoms with Gasteiger partial charge in [-0.15, -0.1) is 0 Å². The van der Waals surface area contributed by atoms with Crippen molar-refractivity contribution in [3.8, 4) is 17.0 Å². The second kappa shape index (κ2) is 9.31. The maximum Gasteiger partial charge on any atom is 0.322 e. The summed E-state index contributed by atoms with van der Waals surface area (Å²) >= 11 is 0. The molecule has 200 valence electrons. The van der Waals surface area contributed by atoms with Crippen molar-refractivity contribution in [2.45, 2.75) is 46.1 Å². The van der Waals surface area contributed by atoms with E-state index in [4.69, 9.17) is 9.47 Å². The van der Waals surface area contributed by atoms with Crippen LogP contribution in [-0.4, -0.2) is 44.8 Å². The van der Waals surface area contributed by atoms with Gasteiger partial charge in [0, 0.05) is 28.6 Å². The lowest BCUT2D eigenvalue weighted by Gasteiger charge is -2.19. The maximum absolute atomic E-state index is 13.2. The number of rotatable bonds is 8. The number of ether oxygens (including phenoxy) is 2. The monoisotopic (exact) mass is 536 g/mol. The van der Waals surface area contributed by atoms with E-state index >= 15 is 0 Å². The highest BCUT2D eigenvalue weighted by Crippen LogP contribution is 2.59. The number of nitrogens with one attached hydrogen (secondary N) is 1. The van der Waals surface area contributed by atoms with E-state index in [1.165, 1.54) is 14.0 Å². The van der Waals surface area contributed by atoms with E-state index in [-0.39, 0.29) is 23.2 Å². The molecule has 1 N–H and O–H groups in total. The van der Waals surface area contributed by atoms with E-state index in [9.17, 15) is 18.0 Å². The molecular formula is C29H32N2O6S. The van der Waals surface area contributed by atoms with Crippen LogP contribution in [0, 0.1) is 5.41 Å². The summed E-state index contributed by atoms with van der Waals surface area (Å²) in [5, 5.41) is 0.981. The minimum absolute atomic E-state index is 0.198. The molecule has 9 heteroatoms. The van der Waals surface area contributed by atoms with Crippen molar-refractivity contribution in [2.24, 2.45) is 5.41 Å². The van der Waals surface area contributed by atoms with Gasteiger partial charge < -0.3 is 14.0 Å². The second-order valence-electron chi connectivity index (χ2n) is 9.86. The molecule has 0 saturated heterocycles. The summed E-state index contributed by atoms with van der Waals surface area (Å²) in [6, 6.07) is 11.2. The molecule has 1 aromatic heterocycles. The highest BCUT2D eigenvalue weighted by atomic mass is 32.2. The molecule has 1 amide bonds. The molecule has 8 nitrogen and oxygen atoms in total. The number of benzene rings is 2. The number of aromatic nitrogens is 1. The zero-order valence-electron chi connectivity index (χ0n) is 22.3. The minimum Gasteiger partial charge on any atom is -0.497 e. The molecule has 2 aliphatic rings. The van der Waals surface area contributed by atoms with Gasteiger partial charge in [-0.3, -0.25) is 9.59 Å². The van der Waals surface area contributed by atoms with Gasteiger partial charge >= 0.3 is 5.97 Å². The van der Waals surface area contributed by atoms with Crippen molar-refractivity contribution in [2.75, 3.05) is 20.0 Å². The second-order valence-corrected chi connectivity index (χ2v) is 11.9. The maximum atomic E-state index is 13.2. The predicted octanol–water partition coefficient (Wildman–Crippen LogP) is 4.87. The first-order valence-electron chi connectivity index (χ1n) is 12.9. The van der Waals surface area contributed by atoms with Crippen LogP contribution in [0.4, 0.5) is 0 Å². The fraction of sp³-hybridized carbons (Fsp3) is 0.379. The fourth-order valence-corrected chi connectivity index (χ4v) is 6.30. The number of fused-ring (bicyclic) bond motifs is 7. The summed E-state index contributed by atoms with van der Waals surface area (Å²) in [6.07, 6.45) is 3.76. The Hall–Kier alpha value is -3.59. The topological polar surface area (TPSA) is 104 Å². The van der Waals surface area contributed by atoms with Crippen LogP contribution < -0.4 is 9.46 Å². The van der Waals surface area contributed by atoms with Gasteiger partial charge in [0.25, 0.3) is 5.91 Å². The van der Waals surface area contributed by atoms with Gasteiger partial charge in [0.15, 0.2) is 0 Å². The summed E-state index contributed by atoms with van der Waals surface area (Å²) < 4.78 is 39.2. The summed E-state index contributed by atoms with van der Waals surface area (Å²) in [6.45, 7) is 6.11. The van der Waals surface area contributed by atoms with E-state index in [1.54, 1.807) is 19.2 Å². The number of amides is 1. The van der Waals surface area contributed by atoms with Crippen LogP contribution in [-0.2, 0) is 26.1 Å². The number of sulfonamides is 1. The van der Waals surface area contributed by atoms with Gasteiger partial charge in [-0.1, -0.05) is 26.0 Å². The minimum atomic E-state index is -3.72. The molecule has 0 fully saturated rings. The Morgan fingerprint density at radius 3 is 2.42 bits per heavy atom. The van der Waals surface area contributed by atoms with Crippen LogP contribution >= 0.6 is 0 Å². The zero-order valence-corrected chi connectivity index (χ0v) is 23.1. The lowest BCUT2D eigenvalue weighted by Crippen LogP contribution is -2.31. The highest BCUT2D eigenvalue weighted by Gasteiger charge is 2.55. The molecular weight excluding hydrogens is 504 g/mol. The van der Waals surface area contributed by atoms with Crippen LogP contribution in [0.5, 0.6) is 5.75 Å². The van der Waals surface area contributed by atoms with Crippen LogP contribution in [0.1, 0.15) is 61.0 Å². The summed E-state index contributed by atoms with van der Waals surface area (Å²) in [5.74, 6) is -0.291.